The third kappa shape index (κ3) is 4.72. The lowest BCUT2D eigenvalue weighted by molar-refractivity contribution is 0.0471. The minimum absolute atomic E-state index is 0.282. The van der Waals surface area contributed by atoms with Crippen molar-refractivity contribution >= 4 is 17.5 Å². The van der Waals surface area contributed by atoms with Crippen LogP contribution in [0.15, 0.2) is 41.4 Å². The fourth-order valence-electron chi connectivity index (χ4n) is 2.62. The summed E-state index contributed by atoms with van der Waals surface area (Å²) in [7, 11) is 2.01. The normalized spacial score (nSPS) is 11.4. The number of carbonyl (C=O) groups excluding carboxylic acids is 1. The molecule has 2 aromatic rings. The van der Waals surface area contributed by atoms with Crippen molar-refractivity contribution in [1.29, 1.82) is 0 Å². The van der Waals surface area contributed by atoms with Gasteiger partial charge in [0.15, 0.2) is 0 Å². The van der Waals surface area contributed by atoms with Crippen molar-refractivity contribution in [2.75, 3.05) is 13.6 Å². The van der Waals surface area contributed by atoms with Gasteiger partial charge in [0.25, 0.3) is 0 Å². The van der Waals surface area contributed by atoms with Crippen LogP contribution in [0, 0.1) is 20.8 Å². The van der Waals surface area contributed by atoms with Crippen molar-refractivity contribution in [1.82, 2.24) is 4.90 Å². The van der Waals surface area contributed by atoms with Crippen molar-refractivity contribution in [3.05, 3.63) is 64.2 Å². The molecule has 0 fully saturated rings. The zero-order valence-corrected chi connectivity index (χ0v) is 16.6. The van der Waals surface area contributed by atoms with E-state index < -0.39 is 0 Å². The molecule has 0 bridgehead atoms. The number of rotatable bonds is 5. The van der Waals surface area contributed by atoms with Gasteiger partial charge in [0.2, 0.25) is 0 Å². The van der Waals surface area contributed by atoms with E-state index in [1.54, 1.807) is 0 Å². The zero-order chi connectivity index (χ0) is 19.3. The summed E-state index contributed by atoms with van der Waals surface area (Å²) in [6.45, 7) is 11.2. The SMILES string of the molecule is CCN(C)/C(C)=N/c1cc(C)c(C(=O)OCc2ccccc2C)cc1C. The molecule has 0 aromatic heterocycles. The van der Waals surface area contributed by atoms with Crippen molar-refractivity contribution < 1.29 is 9.53 Å². The predicted molar refractivity (Wildman–Crippen MR) is 107 cm³/mol. The molecule has 4 nitrogen and oxygen atoms in total. The van der Waals surface area contributed by atoms with Crippen LogP contribution < -0.4 is 0 Å². The maximum absolute atomic E-state index is 12.5. The quantitative estimate of drug-likeness (QED) is 0.433. The molecule has 0 saturated heterocycles. The number of aliphatic imine (C=N–C) groups is 1. The Balaban J connectivity index is 2.19. The molecule has 0 heterocycles. The van der Waals surface area contributed by atoms with Gasteiger partial charge in [-0.1, -0.05) is 24.3 Å². The van der Waals surface area contributed by atoms with Crippen molar-refractivity contribution in [3.63, 3.8) is 0 Å². The molecule has 0 aliphatic carbocycles. The number of benzene rings is 2. The predicted octanol–water partition coefficient (Wildman–Crippen LogP) is 4.97. The van der Waals surface area contributed by atoms with Gasteiger partial charge in [-0.3, -0.25) is 0 Å². The van der Waals surface area contributed by atoms with Gasteiger partial charge in [-0.05, 0) is 69.0 Å². The number of aryl methyl sites for hydroxylation is 3. The first kappa shape index (κ1) is 19.7. The van der Waals surface area contributed by atoms with E-state index in [1.165, 1.54) is 0 Å². The average Bonchev–Trinajstić information content (AvgIpc) is 2.62. The third-order valence-electron chi connectivity index (χ3n) is 4.69. The first-order chi connectivity index (χ1) is 12.3. The molecule has 26 heavy (non-hydrogen) atoms. The monoisotopic (exact) mass is 352 g/mol. The highest BCUT2D eigenvalue weighted by Gasteiger charge is 2.14. The van der Waals surface area contributed by atoms with E-state index in [1.807, 2.05) is 71.1 Å². The lowest BCUT2D eigenvalue weighted by Gasteiger charge is -2.17. The maximum atomic E-state index is 12.5. The number of carbonyl (C=O) groups is 1. The van der Waals surface area contributed by atoms with E-state index in [-0.39, 0.29) is 12.6 Å². The van der Waals surface area contributed by atoms with Crippen LogP contribution in [0.4, 0.5) is 5.69 Å². The molecule has 0 N–H and O–H groups in total. The van der Waals surface area contributed by atoms with Crippen LogP contribution in [0.2, 0.25) is 0 Å². The molecule has 0 unspecified atom stereocenters. The van der Waals surface area contributed by atoms with E-state index >= 15 is 0 Å². The van der Waals surface area contributed by atoms with Crippen LogP contribution in [0.1, 0.15) is 46.5 Å². The Morgan fingerprint density at radius 3 is 2.42 bits per heavy atom. The van der Waals surface area contributed by atoms with Crippen LogP contribution in [0.3, 0.4) is 0 Å². The Morgan fingerprint density at radius 1 is 1.08 bits per heavy atom. The summed E-state index contributed by atoms with van der Waals surface area (Å²) in [5.41, 5.74) is 5.45. The smallest absolute Gasteiger partial charge is 0.338 e. The lowest BCUT2D eigenvalue weighted by atomic mass is 10.0. The van der Waals surface area contributed by atoms with Gasteiger partial charge in [-0.15, -0.1) is 0 Å². The van der Waals surface area contributed by atoms with Gasteiger partial charge < -0.3 is 9.64 Å². The molecule has 0 saturated carbocycles. The molecular formula is C22H28N2O2. The number of amidine groups is 1. The Morgan fingerprint density at radius 2 is 1.77 bits per heavy atom. The summed E-state index contributed by atoms with van der Waals surface area (Å²) < 4.78 is 5.52. The second kappa shape index (κ2) is 8.65. The molecule has 0 aliphatic rings. The second-order valence-corrected chi connectivity index (χ2v) is 6.63. The largest absolute Gasteiger partial charge is 0.457 e. The third-order valence-corrected chi connectivity index (χ3v) is 4.69. The summed E-state index contributed by atoms with van der Waals surface area (Å²) in [5.74, 6) is 0.650. The van der Waals surface area contributed by atoms with Crippen LogP contribution in [-0.2, 0) is 11.3 Å². The standard InChI is InChI=1S/C22H28N2O2/c1-7-24(6)18(5)23-21-13-16(3)20(12-17(21)4)22(25)26-14-19-11-9-8-10-15(19)2/h8-13H,7,14H2,1-6H3/b23-18+. The molecule has 0 spiro atoms. The molecule has 0 amide bonds. The fraction of sp³-hybridized carbons (Fsp3) is 0.364. The number of esters is 1. The van der Waals surface area contributed by atoms with Crippen LogP contribution in [0.25, 0.3) is 0 Å². The number of hydrogen-bond donors (Lipinski definition) is 0. The zero-order valence-electron chi connectivity index (χ0n) is 16.6. The minimum Gasteiger partial charge on any atom is -0.457 e. The van der Waals surface area contributed by atoms with E-state index in [0.29, 0.717) is 5.56 Å². The highest BCUT2D eigenvalue weighted by Crippen LogP contribution is 2.25. The second-order valence-electron chi connectivity index (χ2n) is 6.63. The molecule has 2 rings (SSSR count). The molecular weight excluding hydrogens is 324 g/mol. The fourth-order valence-corrected chi connectivity index (χ4v) is 2.62. The summed E-state index contributed by atoms with van der Waals surface area (Å²) in [4.78, 5) is 19.3. The lowest BCUT2D eigenvalue weighted by Crippen LogP contribution is -2.23. The van der Waals surface area contributed by atoms with Gasteiger partial charge in [-0.2, -0.15) is 0 Å². The van der Waals surface area contributed by atoms with Gasteiger partial charge in [-0.25, -0.2) is 9.79 Å². The van der Waals surface area contributed by atoms with Crippen molar-refractivity contribution in [2.24, 2.45) is 4.99 Å². The van der Waals surface area contributed by atoms with Crippen LogP contribution >= 0.6 is 0 Å². The number of hydrogen-bond acceptors (Lipinski definition) is 3. The summed E-state index contributed by atoms with van der Waals surface area (Å²) in [5, 5.41) is 0. The van der Waals surface area contributed by atoms with E-state index in [4.69, 9.17) is 4.74 Å². The Kier molecular flexibility index (Phi) is 6.56. The van der Waals surface area contributed by atoms with Crippen molar-refractivity contribution in [2.45, 2.75) is 41.2 Å². The maximum Gasteiger partial charge on any atom is 0.338 e. The van der Waals surface area contributed by atoms with Gasteiger partial charge in [0, 0.05) is 13.6 Å². The van der Waals surface area contributed by atoms with E-state index in [0.717, 1.165) is 40.3 Å². The Bertz CT molecular complexity index is 825. The Hall–Kier alpha value is -2.62. The summed E-state index contributed by atoms with van der Waals surface area (Å²) >= 11 is 0. The van der Waals surface area contributed by atoms with Crippen LogP contribution in [-0.4, -0.2) is 30.3 Å². The minimum atomic E-state index is -0.299. The molecule has 0 radical (unpaired) electrons. The van der Waals surface area contributed by atoms with E-state index in [2.05, 4.69) is 16.8 Å². The highest BCUT2D eigenvalue weighted by atomic mass is 16.5. The molecule has 4 heteroatoms. The molecule has 0 atom stereocenters. The molecule has 138 valence electrons. The van der Waals surface area contributed by atoms with Gasteiger partial charge in [0.05, 0.1) is 11.3 Å². The van der Waals surface area contributed by atoms with E-state index in [9.17, 15) is 4.79 Å². The average molecular weight is 352 g/mol. The topological polar surface area (TPSA) is 41.9 Å². The first-order valence-corrected chi connectivity index (χ1v) is 8.92. The molecule has 0 aliphatic heterocycles. The highest BCUT2D eigenvalue weighted by molar-refractivity contribution is 5.92. The van der Waals surface area contributed by atoms with Crippen molar-refractivity contribution in [3.8, 4) is 0 Å². The first-order valence-electron chi connectivity index (χ1n) is 8.92. The Labute approximate surface area is 156 Å². The van der Waals surface area contributed by atoms with Gasteiger partial charge in [0.1, 0.15) is 12.4 Å². The number of nitrogens with zero attached hydrogens (tertiary/aromatic N) is 2. The van der Waals surface area contributed by atoms with Gasteiger partial charge >= 0.3 is 5.97 Å². The number of ether oxygens (including phenoxy) is 1. The summed E-state index contributed by atoms with van der Waals surface area (Å²) in [6, 6.07) is 11.7. The van der Waals surface area contributed by atoms with Crippen LogP contribution in [0.5, 0.6) is 0 Å². The molecule has 2 aromatic carbocycles. The summed E-state index contributed by atoms with van der Waals surface area (Å²) in [6.07, 6.45) is 0.